The van der Waals surface area contributed by atoms with Gasteiger partial charge in [-0.15, -0.1) is 0 Å². The second-order valence-electron chi connectivity index (χ2n) is 4.68. The second-order valence-corrected chi connectivity index (χ2v) is 5.52. The molecule has 1 atom stereocenters. The zero-order valence-corrected chi connectivity index (χ0v) is 13.1. The quantitative estimate of drug-likeness (QED) is 0.773. The number of hydrogen-bond donors (Lipinski definition) is 0. The van der Waals surface area contributed by atoms with Gasteiger partial charge in [-0.3, -0.25) is 9.78 Å². The Hall–Kier alpha value is -1.65. The maximum atomic E-state index is 12.6. The van der Waals surface area contributed by atoms with E-state index in [1.54, 1.807) is 25.1 Å². The van der Waals surface area contributed by atoms with Crippen LogP contribution in [0.1, 0.15) is 30.8 Å². The highest BCUT2D eigenvalue weighted by Gasteiger charge is 2.36. The highest BCUT2D eigenvalue weighted by atomic mass is 35.5. The van der Waals surface area contributed by atoms with Crippen LogP contribution in [0.2, 0.25) is 10.0 Å². The van der Waals surface area contributed by atoms with Crippen LogP contribution in [0.5, 0.6) is 5.75 Å². The van der Waals surface area contributed by atoms with Gasteiger partial charge in [-0.25, -0.2) is 4.98 Å². The summed E-state index contributed by atoms with van der Waals surface area (Å²) in [5.41, 5.74) is -0.819. The lowest BCUT2D eigenvalue weighted by Gasteiger charge is -2.28. The largest absolute Gasteiger partial charge is 0.478 e. The van der Waals surface area contributed by atoms with Gasteiger partial charge in [0.1, 0.15) is 11.4 Å². The van der Waals surface area contributed by atoms with Crippen molar-refractivity contribution in [3.63, 3.8) is 0 Å². The van der Waals surface area contributed by atoms with Crippen LogP contribution in [-0.2, 0) is 0 Å². The molecule has 0 spiro atoms. The summed E-state index contributed by atoms with van der Waals surface area (Å²) >= 11 is 11.9. The minimum atomic E-state index is -1.08. The smallest absolute Gasteiger partial charge is 0.225 e. The lowest BCUT2D eigenvalue weighted by atomic mass is 9.95. The fourth-order valence-electron chi connectivity index (χ4n) is 1.77. The van der Waals surface area contributed by atoms with Crippen molar-refractivity contribution < 1.29 is 9.53 Å². The van der Waals surface area contributed by atoms with E-state index in [0.717, 1.165) is 0 Å². The molecular weight excluding hydrogens is 311 g/mol. The zero-order valence-electron chi connectivity index (χ0n) is 11.6. The van der Waals surface area contributed by atoms with Gasteiger partial charge in [-0.05, 0) is 31.5 Å². The van der Waals surface area contributed by atoms with Crippen LogP contribution in [0.3, 0.4) is 0 Å². The molecule has 2 aromatic rings. The van der Waals surface area contributed by atoms with E-state index >= 15 is 0 Å². The van der Waals surface area contributed by atoms with Crippen molar-refractivity contribution in [3.05, 3.63) is 52.5 Å². The Kier molecular flexibility index (Phi) is 4.80. The van der Waals surface area contributed by atoms with Crippen molar-refractivity contribution in [2.45, 2.75) is 25.9 Å². The lowest BCUT2D eigenvalue weighted by Crippen LogP contribution is -2.41. The van der Waals surface area contributed by atoms with Crippen molar-refractivity contribution in [2.75, 3.05) is 0 Å². The van der Waals surface area contributed by atoms with Crippen LogP contribution in [-0.4, -0.2) is 21.4 Å². The number of hydrogen-bond acceptors (Lipinski definition) is 4. The average Bonchev–Trinajstić information content (AvgIpc) is 2.50. The number of Topliss-reactive ketones (excluding diaryl/α,β-unsaturated/α-hetero) is 1. The summed E-state index contributed by atoms with van der Waals surface area (Å²) in [6, 6.07) is 4.87. The van der Waals surface area contributed by atoms with Gasteiger partial charge >= 0.3 is 0 Å². The van der Waals surface area contributed by atoms with E-state index < -0.39 is 5.60 Å². The molecular formula is C15H14Cl2N2O2. The predicted octanol–water partition coefficient (Wildman–Crippen LogP) is 4.21. The van der Waals surface area contributed by atoms with Crippen molar-refractivity contribution in [1.82, 2.24) is 9.97 Å². The first-order valence-electron chi connectivity index (χ1n) is 6.41. The summed E-state index contributed by atoms with van der Waals surface area (Å²) in [6.07, 6.45) is 4.86. The molecule has 0 fully saturated rings. The van der Waals surface area contributed by atoms with Gasteiger partial charge in [0.2, 0.25) is 5.78 Å². The molecule has 1 heterocycles. The lowest BCUT2D eigenvalue weighted by molar-refractivity contribution is 0.0499. The topological polar surface area (TPSA) is 52.1 Å². The van der Waals surface area contributed by atoms with E-state index in [9.17, 15) is 4.79 Å². The Bertz CT molecular complexity index is 649. The minimum absolute atomic E-state index is 0.246. The Labute approximate surface area is 133 Å². The molecule has 0 bridgehead atoms. The summed E-state index contributed by atoms with van der Waals surface area (Å²) in [5, 5.41) is 0.861. The Morgan fingerprint density at radius 1 is 1.33 bits per heavy atom. The number of rotatable bonds is 5. The molecule has 0 aliphatic carbocycles. The van der Waals surface area contributed by atoms with E-state index in [1.807, 2.05) is 6.92 Å². The molecule has 1 aromatic heterocycles. The molecule has 0 saturated carbocycles. The molecule has 0 aliphatic rings. The minimum Gasteiger partial charge on any atom is -0.478 e. The number of benzene rings is 1. The highest BCUT2D eigenvalue weighted by molar-refractivity contribution is 6.35. The first-order valence-corrected chi connectivity index (χ1v) is 7.17. The molecule has 0 amide bonds. The van der Waals surface area contributed by atoms with E-state index in [4.69, 9.17) is 27.9 Å². The number of carbonyl (C=O) groups is 1. The van der Waals surface area contributed by atoms with Crippen LogP contribution in [0.15, 0.2) is 36.8 Å². The van der Waals surface area contributed by atoms with Gasteiger partial charge in [0.15, 0.2) is 5.60 Å². The van der Waals surface area contributed by atoms with Gasteiger partial charge in [0, 0.05) is 17.4 Å². The molecule has 1 aromatic carbocycles. The summed E-state index contributed by atoms with van der Waals surface area (Å²) in [6.45, 7) is 3.56. The van der Waals surface area contributed by atoms with E-state index in [2.05, 4.69) is 9.97 Å². The fourth-order valence-corrected chi connectivity index (χ4v) is 2.21. The molecule has 0 saturated heterocycles. The fraction of sp³-hybridized carbons (Fsp3) is 0.267. The monoisotopic (exact) mass is 324 g/mol. The van der Waals surface area contributed by atoms with Crippen molar-refractivity contribution in [1.29, 1.82) is 0 Å². The number of ether oxygens (including phenoxy) is 1. The molecule has 6 heteroatoms. The van der Waals surface area contributed by atoms with Gasteiger partial charge in [-0.2, -0.15) is 0 Å². The molecule has 2 rings (SSSR count). The first-order chi connectivity index (χ1) is 9.96. The van der Waals surface area contributed by atoms with Crippen LogP contribution >= 0.6 is 23.2 Å². The summed E-state index contributed by atoms with van der Waals surface area (Å²) in [7, 11) is 0. The second kappa shape index (κ2) is 6.41. The molecule has 21 heavy (non-hydrogen) atoms. The molecule has 1 unspecified atom stereocenters. The van der Waals surface area contributed by atoms with Crippen LogP contribution in [0.4, 0.5) is 0 Å². The SMILES string of the molecule is CCC(C)(Oc1ccc(Cl)cc1Cl)C(=O)c1cnccn1. The molecule has 4 nitrogen and oxygen atoms in total. The van der Waals surface area contributed by atoms with E-state index in [-0.39, 0.29) is 11.5 Å². The normalized spacial score (nSPS) is 13.5. The van der Waals surface area contributed by atoms with Crippen LogP contribution in [0, 0.1) is 0 Å². The van der Waals surface area contributed by atoms with E-state index in [0.29, 0.717) is 22.2 Å². The summed E-state index contributed by atoms with van der Waals surface area (Å²) < 4.78 is 5.85. The maximum Gasteiger partial charge on any atom is 0.225 e. The first kappa shape index (κ1) is 15.7. The molecule has 0 N–H and O–H groups in total. The average molecular weight is 325 g/mol. The molecule has 110 valence electrons. The number of nitrogens with zero attached hydrogens (tertiary/aromatic N) is 2. The molecule has 0 radical (unpaired) electrons. The predicted molar refractivity (Wildman–Crippen MR) is 82.1 cm³/mol. The Morgan fingerprint density at radius 2 is 2.10 bits per heavy atom. The standard InChI is InChI=1S/C15H14Cl2N2O2/c1-3-15(2,14(20)12-9-18-6-7-19-12)21-13-5-4-10(16)8-11(13)17/h4-9H,3H2,1-2H3. The Morgan fingerprint density at radius 3 is 2.67 bits per heavy atom. The number of halogens is 2. The van der Waals surface area contributed by atoms with Crippen molar-refractivity contribution in [3.8, 4) is 5.75 Å². The highest BCUT2D eigenvalue weighted by Crippen LogP contribution is 2.32. The van der Waals surface area contributed by atoms with Crippen LogP contribution < -0.4 is 4.74 Å². The summed E-state index contributed by atoms with van der Waals surface area (Å²) in [5.74, 6) is 0.159. The third-order valence-corrected chi connectivity index (χ3v) is 3.71. The summed E-state index contributed by atoms with van der Waals surface area (Å²) in [4.78, 5) is 20.5. The van der Waals surface area contributed by atoms with Gasteiger partial charge < -0.3 is 4.74 Å². The van der Waals surface area contributed by atoms with E-state index in [1.165, 1.54) is 18.6 Å². The number of aromatic nitrogens is 2. The third kappa shape index (κ3) is 3.52. The maximum absolute atomic E-state index is 12.6. The van der Waals surface area contributed by atoms with Crippen LogP contribution in [0.25, 0.3) is 0 Å². The van der Waals surface area contributed by atoms with Crippen molar-refractivity contribution in [2.24, 2.45) is 0 Å². The zero-order chi connectivity index (χ0) is 15.5. The van der Waals surface area contributed by atoms with Gasteiger partial charge in [0.05, 0.1) is 11.2 Å². The van der Waals surface area contributed by atoms with Gasteiger partial charge in [-0.1, -0.05) is 30.1 Å². The Balaban J connectivity index is 2.31. The van der Waals surface area contributed by atoms with Gasteiger partial charge in [0.25, 0.3) is 0 Å². The number of carbonyl (C=O) groups excluding carboxylic acids is 1. The molecule has 0 aliphatic heterocycles. The third-order valence-electron chi connectivity index (χ3n) is 3.18. The number of ketones is 1. The van der Waals surface area contributed by atoms with Crippen molar-refractivity contribution >= 4 is 29.0 Å².